The molecule has 10 heteroatoms. The van der Waals surface area contributed by atoms with Crippen molar-refractivity contribution in [2.75, 3.05) is 12.4 Å². The average Bonchev–Trinajstić information content (AvgIpc) is 3.16. The minimum atomic E-state index is -0.942. The number of nitriles is 1. The van der Waals surface area contributed by atoms with Gasteiger partial charge in [0.1, 0.15) is 15.0 Å². The van der Waals surface area contributed by atoms with Gasteiger partial charge in [0, 0.05) is 16.8 Å². The summed E-state index contributed by atoms with van der Waals surface area (Å²) in [6, 6.07) is 16.0. The molecule has 0 spiro atoms. The Hall–Kier alpha value is -4.13. The summed E-state index contributed by atoms with van der Waals surface area (Å²) in [5, 5.41) is 13.2. The van der Waals surface area contributed by atoms with Crippen molar-refractivity contribution >= 4 is 58.0 Å². The Balaban J connectivity index is 2.06. The molecule has 1 atom stereocenters. The maximum absolute atomic E-state index is 13.7. The molecule has 176 valence electrons. The van der Waals surface area contributed by atoms with Crippen molar-refractivity contribution in [1.29, 1.82) is 5.26 Å². The van der Waals surface area contributed by atoms with Gasteiger partial charge in [-0.15, -0.1) is 11.3 Å². The van der Waals surface area contributed by atoms with Crippen LogP contribution in [-0.2, 0) is 14.3 Å². The number of allylic oxidation sites excluding steroid dienone is 1. The van der Waals surface area contributed by atoms with E-state index in [1.54, 1.807) is 36.4 Å². The summed E-state index contributed by atoms with van der Waals surface area (Å²) in [7, 11) is 1.19. The van der Waals surface area contributed by atoms with E-state index in [0.717, 1.165) is 27.5 Å². The number of benzene rings is 2. The van der Waals surface area contributed by atoms with Crippen LogP contribution in [0.5, 0.6) is 0 Å². The maximum atomic E-state index is 13.7. The van der Waals surface area contributed by atoms with Crippen molar-refractivity contribution in [2.24, 2.45) is 5.73 Å². The van der Waals surface area contributed by atoms with Crippen LogP contribution in [0, 0.1) is 18.3 Å². The fourth-order valence-electron chi connectivity index (χ4n) is 3.79. The fourth-order valence-corrected chi connectivity index (χ4v) is 5.17. The normalized spacial score (nSPS) is 15.4. The average molecular weight is 507 g/mol. The van der Waals surface area contributed by atoms with Crippen molar-refractivity contribution < 1.29 is 14.3 Å². The van der Waals surface area contributed by atoms with E-state index in [2.05, 4.69) is 16.1 Å². The topological polar surface area (TPSA) is 127 Å². The van der Waals surface area contributed by atoms with Crippen LogP contribution < -0.4 is 25.8 Å². The largest absolute Gasteiger partial charge is 0.466 e. The Morgan fingerprint density at radius 1 is 1.23 bits per heavy atom. The molecule has 0 saturated heterocycles. The van der Waals surface area contributed by atoms with E-state index in [9.17, 15) is 19.6 Å². The van der Waals surface area contributed by atoms with Gasteiger partial charge in [-0.1, -0.05) is 47.5 Å². The van der Waals surface area contributed by atoms with Crippen molar-refractivity contribution in [3.63, 3.8) is 0 Å². The Morgan fingerprint density at radius 2 is 1.91 bits per heavy atom. The van der Waals surface area contributed by atoms with Gasteiger partial charge >= 0.3 is 5.97 Å². The molecule has 4 rings (SSSR count). The predicted molar refractivity (Wildman–Crippen MR) is 135 cm³/mol. The first-order chi connectivity index (χ1) is 16.8. The highest BCUT2D eigenvalue weighted by Crippen LogP contribution is 2.39. The number of carbonyl (C=O) groups excluding carboxylic acids is 2. The third-order valence-electron chi connectivity index (χ3n) is 5.49. The molecule has 0 aliphatic carbocycles. The van der Waals surface area contributed by atoms with Crippen LogP contribution in [-0.4, -0.2) is 23.6 Å². The third kappa shape index (κ3) is 4.37. The lowest BCUT2D eigenvalue weighted by atomic mass is 9.83. The number of fused-ring (bicyclic) bond motifs is 1. The van der Waals surface area contributed by atoms with Gasteiger partial charge in [0.25, 0.3) is 11.5 Å². The highest BCUT2D eigenvalue weighted by Gasteiger charge is 2.36. The van der Waals surface area contributed by atoms with Crippen LogP contribution in [0.15, 0.2) is 58.9 Å². The summed E-state index contributed by atoms with van der Waals surface area (Å²) in [6.07, 6.45) is 1.03. The number of hydrogen-bond acceptors (Lipinski definition) is 7. The Kier molecular flexibility index (Phi) is 6.60. The number of ether oxygens (including phenoxy) is 1. The first-order valence-corrected chi connectivity index (χ1v) is 11.5. The van der Waals surface area contributed by atoms with E-state index in [1.807, 2.05) is 19.1 Å². The zero-order valence-electron chi connectivity index (χ0n) is 18.7. The van der Waals surface area contributed by atoms with Gasteiger partial charge in [0.05, 0.1) is 30.2 Å². The second-order valence-electron chi connectivity index (χ2n) is 7.68. The van der Waals surface area contributed by atoms with E-state index in [-0.39, 0.29) is 26.2 Å². The number of anilines is 1. The number of esters is 1. The van der Waals surface area contributed by atoms with E-state index in [4.69, 9.17) is 17.3 Å². The van der Waals surface area contributed by atoms with Crippen LogP contribution in [0.4, 0.5) is 5.69 Å². The summed E-state index contributed by atoms with van der Waals surface area (Å²) < 4.78 is 5.92. The first kappa shape index (κ1) is 24.0. The number of methoxy groups -OCH3 is 1. The molecule has 1 aliphatic heterocycles. The molecule has 2 aromatic carbocycles. The van der Waals surface area contributed by atoms with Crippen LogP contribution >= 0.6 is 22.9 Å². The minimum Gasteiger partial charge on any atom is -0.466 e. The standard InChI is InChI=1S/C25H19ClN4O4S/c1-13-7-9-14(10-8-13)29-23(32)21-20(15-5-3-4-6-17(15)26)16(12-27)22(28)30-24(33)18(35-25(21)30)11-19(31)34-2/h3-11,20H,28H2,1-2H3,(H,29,32). The van der Waals surface area contributed by atoms with Gasteiger partial charge in [-0.3, -0.25) is 14.2 Å². The van der Waals surface area contributed by atoms with Gasteiger partial charge in [0.2, 0.25) is 0 Å². The molecule has 1 amide bonds. The maximum Gasteiger partial charge on any atom is 0.332 e. The lowest BCUT2D eigenvalue weighted by Gasteiger charge is -2.26. The molecule has 0 radical (unpaired) electrons. The summed E-state index contributed by atoms with van der Waals surface area (Å²) in [5.41, 5.74) is 7.77. The Bertz CT molecular complexity index is 1610. The van der Waals surface area contributed by atoms with Crippen LogP contribution in [0.25, 0.3) is 17.5 Å². The van der Waals surface area contributed by atoms with Gasteiger partial charge < -0.3 is 15.8 Å². The van der Waals surface area contributed by atoms with E-state index < -0.39 is 23.4 Å². The number of nitrogens with zero attached hydrogens (tertiary/aromatic N) is 2. The number of carbonyl (C=O) groups is 2. The number of aromatic nitrogens is 1. The number of amides is 1. The van der Waals surface area contributed by atoms with Crippen LogP contribution in [0.1, 0.15) is 17.0 Å². The smallest absolute Gasteiger partial charge is 0.332 e. The fraction of sp³-hybridized carbons (Fsp3) is 0.120. The molecule has 1 unspecified atom stereocenters. The Labute approximate surface area is 208 Å². The molecule has 0 saturated carbocycles. The lowest BCUT2D eigenvalue weighted by Crippen LogP contribution is -2.41. The monoisotopic (exact) mass is 506 g/mol. The number of halogens is 1. The number of rotatable bonds is 4. The zero-order valence-corrected chi connectivity index (χ0v) is 20.2. The van der Waals surface area contributed by atoms with Crippen molar-refractivity contribution in [2.45, 2.75) is 12.8 Å². The molecule has 3 aromatic rings. The third-order valence-corrected chi connectivity index (χ3v) is 6.94. The summed E-state index contributed by atoms with van der Waals surface area (Å²) in [6.45, 7) is 1.92. The number of aryl methyl sites for hydroxylation is 1. The highest BCUT2D eigenvalue weighted by molar-refractivity contribution is 7.07. The highest BCUT2D eigenvalue weighted by atomic mass is 35.5. The van der Waals surface area contributed by atoms with Crippen molar-refractivity contribution in [1.82, 2.24) is 4.57 Å². The van der Waals surface area contributed by atoms with Crippen molar-refractivity contribution in [3.05, 3.63) is 89.8 Å². The summed E-state index contributed by atoms with van der Waals surface area (Å²) in [5.74, 6) is -2.36. The molecular weight excluding hydrogens is 488 g/mol. The lowest BCUT2D eigenvalue weighted by molar-refractivity contribution is -0.133. The molecule has 0 fully saturated rings. The molecule has 1 aliphatic rings. The number of nitrogens with one attached hydrogen (secondary N) is 1. The van der Waals surface area contributed by atoms with Gasteiger partial charge in [-0.2, -0.15) is 5.26 Å². The van der Waals surface area contributed by atoms with Gasteiger partial charge in [-0.25, -0.2) is 4.79 Å². The Morgan fingerprint density at radius 3 is 2.54 bits per heavy atom. The summed E-state index contributed by atoms with van der Waals surface area (Å²) in [4.78, 5) is 38.7. The molecule has 8 nitrogen and oxygen atoms in total. The van der Waals surface area contributed by atoms with Crippen LogP contribution in [0.3, 0.4) is 0 Å². The first-order valence-electron chi connectivity index (χ1n) is 10.3. The SMILES string of the molecule is COC(=O)C=c1sc2n(c1=O)C(N)=C(C#N)C(c1ccccc1Cl)C=2C(=O)Nc1ccc(C)cc1. The van der Waals surface area contributed by atoms with Crippen molar-refractivity contribution in [3.8, 4) is 6.07 Å². The molecule has 1 aromatic heterocycles. The van der Waals surface area contributed by atoms with Crippen LogP contribution in [0.2, 0.25) is 5.02 Å². The second kappa shape index (κ2) is 9.62. The summed E-state index contributed by atoms with van der Waals surface area (Å²) >= 11 is 7.38. The molecule has 2 heterocycles. The number of hydrogen-bond donors (Lipinski definition) is 2. The molecule has 0 bridgehead atoms. The number of nitrogens with two attached hydrogens (primary N) is 1. The zero-order chi connectivity index (χ0) is 25.3. The molecular formula is C25H19ClN4O4S. The quantitative estimate of drug-likeness (QED) is 0.521. The van der Waals surface area contributed by atoms with E-state index in [1.165, 1.54) is 7.11 Å². The van der Waals surface area contributed by atoms with Gasteiger partial charge in [0.15, 0.2) is 0 Å². The van der Waals surface area contributed by atoms with E-state index in [0.29, 0.717) is 16.3 Å². The second-order valence-corrected chi connectivity index (χ2v) is 9.12. The molecule has 3 N–H and O–H groups in total. The molecule has 35 heavy (non-hydrogen) atoms. The minimum absolute atomic E-state index is 0.00698. The number of thiazole rings is 1. The van der Waals surface area contributed by atoms with Gasteiger partial charge in [-0.05, 0) is 30.7 Å². The van der Waals surface area contributed by atoms with E-state index >= 15 is 0 Å². The predicted octanol–water partition coefficient (Wildman–Crippen LogP) is 2.06.